The van der Waals surface area contributed by atoms with Crippen LogP contribution in [-0.2, 0) is 6.18 Å². The number of rotatable bonds is 3. The van der Waals surface area contributed by atoms with E-state index >= 15 is 0 Å². The molecular weight excluding hydrogens is 407 g/mol. The Labute approximate surface area is 167 Å². The van der Waals surface area contributed by atoms with E-state index in [1.54, 1.807) is 30.3 Å². The Morgan fingerprint density at radius 2 is 1.59 bits per heavy atom. The fourth-order valence-corrected chi connectivity index (χ4v) is 3.01. The molecule has 2 heterocycles. The maximum Gasteiger partial charge on any atom is 0.416 e. The largest absolute Gasteiger partial charge is 0.476 e. The Hall–Kier alpha value is -3.39. The van der Waals surface area contributed by atoms with Crippen LogP contribution in [0.5, 0.6) is 0 Å². The van der Waals surface area contributed by atoms with Gasteiger partial charge in [-0.15, -0.1) is 0 Å². The first-order chi connectivity index (χ1) is 13.7. The first-order valence-corrected chi connectivity index (χ1v) is 8.68. The minimum atomic E-state index is -4.44. The number of aromatic nitrogens is 3. The smallest absolute Gasteiger partial charge is 0.416 e. The zero-order chi connectivity index (χ0) is 20.8. The fourth-order valence-electron chi connectivity index (χ4n) is 2.88. The predicted octanol–water partition coefficient (Wildman–Crippen LogP) is 5.43. The summed E-state index contributed by atoms with van der Waals surface area (Å²) in [6.45, 7) is 0. The molecule has 2 aromatic carbocycles. The first-order valence-electron chi connectivity index (χ1n) is 8.30. The number of halogens is 4. The second kappa shape index (κ2) is 6.89. The van der Waals surface area contributed by atoms with Crippen molar-refractivity contribution in [2.24, 2.45) is 0 Å². The number of nitrogens with zero attached hydrogens (tertiary/aromatic N) is 3. The molecule has 0 spiro atoms. The molecule has 0 saturated carbocycles. The number of hydrogen-bond donors (Lipinski definition) is 1. The highest BCUT2D eigenvalue weighted by Gasteiger charge is 2.30. The van der Waals surface area contributed by atoms with Crippen LogP contribution in [0.2, 0.25) is 5.02 Å². The van der Waals surface area contributed by atoms with Crippen LogP contribution in [-0.4, -0.2) is 25.7 Å². The van der Waals surface area contributed by atoms with Gasteiger partial charge in [-0.2, -0.15) is 18.3 Å². The molecule has 1 N–H and O–H groups in total. The monoisotopic (exact) mass is 417 g/mol. The lowest BCUT2D eigenvalue weighted by molar-refractivity contribution is -0.137. The highest BCUT2D eigenvalue weighted by atomic mass is 35.5. The third-order valence-electron chi connectivity index (χ3n) is 4.29. The molecule has 0 radical (unpaired) electrons. The van der Waals surface area contributed by atoms with E-state index in [-0.39, 0.29) is 11.3 Å². The number of hydrogen-bond acceptors (Lipinski definition) is 3. The highest BCUT2D eigenvalue weighted by molar-refractivity contribution is 6.30. The van der Waals surface area contributed by atoms with E-state index in [9.17, 15) is 23.1 Å². The maximum atomic E-state index is 12.8. The number of aromatic carboxylic acids is 1. The molecule has 146 valence electrons. The molecular formula is C20H11ClF3N3O2. The van der Waals surface area contributed by atoms with Gasteiger partial charge in [0.05, 0.1) is 17.0 Å². The molecule has 5 nitrogen and oxygen atoms in total. The molecule has 0 unspecified atom stereocenters. The van der Waals surface area contributed by atoms with E-state index in [2.05, 4.69) is 10.1 Å². The Kier molecular flexibility index (Phi) is 4.50. The van der Waals surface area contributed by atoms with Crippen LogP contribution in [0, 0.1) is 0 Å². The van der Waals surface area contributed by atoms with Crippen LogP contribution in [0.3, 0.4) is 0 Å². The Balaban J connectivity index is 1.91. The number of carboxylic acids is 1. The Bertz CT molecular complexity index is 1220. The molecule has 0 fully saturated rings. The topological polar surface area (TPSA) is 67.5 Å². The molecule has 0 aliphatic heterocycles. The number of alkyl halides is 3. The summed E-state index contributed by atoms with van der Waals surface area (Å²) in [6.07, 6.45) is -4.44. The summed E-state index contributed by atoms with van der Waals surface area (Å²) in [6, 6.07) is 14.3. The maximum absolute atomic E-state index is 12.8. The third kappa shape index (κ3) is 3.66. The SMILES string of the molecule is O=C(O)c1cc2nc(-c3ccc(C(F)(F)F)cc3)cc(-c3ccc(Cl)cc3)n2n1. The van der Waals surface area contributed by atoms with Crippen molar-refractivity contribution in [1.29, 1.82) is 0 Å². The van der Waals surface area contributed by atoms with Gasteiger partial charge >= 0.3 is 12.1 Å². The molecule has 2 aromatic heterocycles. The summed E-state index contributed by atoms with van der Waals surface area (Å²) in [5.41, 5.74) is 1.34. The minimum absolute atomic E-state index is 0.197. The van der Waals surface area contributed by atoms with Gasteiger partial charge in [0.25, 0.3) is 0 Å². The van der Waals surface area contributed by atoms with Crippen LogP contribution < -0.4 is 0 Å². The highest BCUT2D eigenvalue weighted by Crippen LogP contribution is 2.32. The average molecular weight is 418 g/mol. The molecule has 29 heavy (non-hydrogen) atoms. The van der Waals surface area contributed by atoms with Crippen molar-refractivity contribution in [3.8, 4) is 22.5 Å². The molecule has 0 aliphatic rings. The van der Waals surface area contributed by atoms with E-state index < -0.39 is 17.7 Å². The second-order valence-corrected chi connectivity index (χ2v) is 6.65. The standard InChI is InChI=1S/C20H11ClF3N3O2/c21-14-7-3-12(4-8-14)17-9-15(11-1-5-13(6-2-11)20(22,23)24)25-18-10-16(19(28)29)26-27(17)18/h1-10H,(H,28,29). The van der Waals surface area contributed by atoms with Gasteiger partial charge < -0.3 is 5.11 Å². The molecule has 0 amide bonds. The van der Waals surface area contributed by atoms with E-state index in [1.165, 1.54) is 22.7 Å². The lowest BCUT2D eigenvalue weighted by atomic mass is 10.1. The van der Waals surface area contributed by atoms with Gasteiger partial charge in [0.2, 0.25) is 0 Å². The quantitative estimate of drug-likeness (QED) is 0.482. The van der Waals surface area contributed by atoms with Crippen molar-refractivity contribution < 1.29 is 23.1 Å². The first kappa shape index (κ1) is 18.9. The van der Waals surface area contributed by atoms with E-state index in [4.69, 9.17) is 11.6 Å². The molecule has 4 rings (SSSR count). The predicted molar refractivity (Wildman–Crippen MR) is 101 cm³/mol. The lowest BCUT2D eigenvalue weighted by Crippen LogP contribution is -2.04. The van der Waals surface area contributed by atoms with Gasteiger partial charge in [-0.25, -0.2) is 14.3 Å². The molecule has 0 saturated heterocycles. The Morgan fingerprint density at radius 1 is 0.966 bits per heavy atom. The number of benzene rings is 2. The van der Waals surface area contributed by atoms with Crippen molar-refractivity contribution in [1.82, 2.24) is 14.6 Å². The van der Waals surface area contributed by atoms with Crippen molar-refractivity contribution in [2.75, 3.05) is 0 Å². The summed E-state index contributed by atoms with van der Waals surface area (Å²) in [7, 11) is 0. The summed E-state index contributed by atoms with van der Waals surface area (Å²) in [4.78, 5) is 15.7. The van der Waals surface area contributed by atoms with Crippen LogP contribution in [0.25, 0.3) is 28.2 Å². The summed E-state index contributed by atoms with van der Waals surface area (Å²) < 4.78 is 39.9. The van der Waals surface area contributed by atoms with Gasteiger partial charge in [0.15, 0.2) is 11.3 Å². The summed E-state index contributed by atoms with van der Waals surface area (Å²) in [5, 5.41) is 13.8. The average Bonchev–Trinajstić information content (AvgIpc) is 3.12. The van der Waals surface area contributed by atoms with Crippen molar-refractivity contribution in [2.45, 2.75) is 6.18 Å². The second-order valence-electron chi connectivity index (χ2n) is 6.21. The van der Waals surface area contributed by atoms with Crippen molar-refractivity contribution in [3.05, 3.63) is 76.9 Å². The van der Waals surface area contributed by atoms with Gasteiger partial charge in [0.1, 0.15) is 0 Å². The van der Waals surface area contributed by atoms with Crippen LogP contribution in [0.4, 0.5) is 13.2 Å². The summed E-state index contributed by atoms with van der Waals surface area (Å²) in [5.74, 6) is -1.21. The lowest BCUT2D eigenvalue weighted by Gasteiger charge is -2.10. The fraction of sp³-hybridized carbons (Fsp3) is 0.0500. The zero-order valence-electron chi connectivity index (χ0n) is 14.5. The van der Waals surface area contributed by atoms with E-state index in [0.717, 1.165) is 12.1 Å². The summed E-state index contributed by atoms with van der Waals surface area (Å²) >= 11 is 5.94. The van der Waals surface area contributed by atoms with Gasteiger partial charge in [0, 0.05) is 22.2 Å². The van der Waals surface area contributed by atoms with Crippen molar-refractivity contribution >= 4 is 23.2 Å². The normalized spacial score (nSPS) is 11.7. The van der Waals surface area contributed by atoms with Crippen LogP contribution in [0.15, 0.2) is 60.7 Å². The van der Waals surface area contributed by atoms with Gasteiger partial charge in [-0.1, -0.05) is 35.9 Å². The molecule has 9 heteroatoms. The van der Waals surface area contributed by atoms with Crippen LogP contribution in [0.1, 0.15) is 16.1 Å². The Morgan fingerprint density at radius 3 is 2.17 bits per heavy atom. The number of carboxylic acid groups (broad SMARTS) is 1. The van der Waals surface area contributed by atoms with Crippen molar-refractivity contribution in [3.63, 3.8) is 0 Å². The number of fused-ring (bicyclic) bond motifs is 1. The number of carbonyl (C=O) groups is 1. The minimum Gasteiger partial charge on any atom is -0.476 e. The van der Waals surface area contributed by atoms with E-state index in [1.807, 2.05) is 0 Å². The molecule has 0 atom stereocenters. The zero-order valence-corrected chi connectivity index (χ0v) is 15.2. The van der Waals surface area contributed by atoms with E-state index in [0.29, 0.717) is 27.5 Å². The van der Waals surface area contributed by atoms with Crippen LogP contribution >= 0.6 is 11.6 Å². The molecule has 0 aliphatic carbocycles. The van der Waals surface area contributed by atoms with Gasteiger partial charge in [-0.3, -0.25) is 0 Å². The molecule has 0 bridgehead atoms. The molecule has 4 aromatic rings. The third-order valence-corrected chi connectivity index (χ3v) is 4.55. The van der Waals surface area contributed by atoms with Gasteiger partial charge in [-0.05, 0) is 30.3 Å².